The van der Waals surface area contributed by atoms with Gasteiger partial charge >= 0.3 is 270 Å². The third-order valence-electron chi connectivity index (χ3n) is 29.6. The number of fused-ring (bicyclic) bond motifs is 14. The molecule has 2 atom stereocenters. The van der Waals surface area contributed by atoms with E-state index in [0.717, 1.165) is 152 Å². The maximum Gasteiger partial charge on any atom is 0.263 e. The molecule has 2 aliphatic heterocycles. The van der Waals surface area contributed by atoms with Gasteiger partial charge in [-0.05, 0) is 127 Å². The molecule has 0 radical (unpaired) electrons. The number of halogens is 2. The van der Waals surface area contributed by atoms with Crippen molar-refractivity contribution < 1.29 is 38.2 Å². The summed E-state index contributed by atoms with van der Waals surface area (Å²) in [6.45, 7) is 33.0. The van der Waals surface area contributed by atoms with Crippen LogP contribution in [0.5, 0.6) is 10.1 Å². The van der Waals surface area contributed by atoms with E-state index >= 15 is 9.59 Å². The average Bonchev–Trinajstić information content (AvgIpc) is 1.53. The standard InChI is InChI=1S/C58H73NO4S5.C40H46O2S4.C16H21Br2NO2S.6CH3.2Sn/c1-9-12-14-16-17-18-19-20-21-22-23-24-25-27-29-63-44-33-42-41-32-38(7)65-54(41)46-47(55(42)68-44)49(51(60)48(46)52-35(4)30-37(6)64-52)53-36(5)31-43(67-53)56-50-45(39(8)66-56)57(61)59(58(50)62)34-40(11-3)28-26-15-13-10-2;1-5-6-7-8-9-10-11-12-13-14-15-16-17-18-21-42-31-25-30-29-24-28(4)45-39(29)32-33(40(30)46-31)35(38-27(3)20-23-44-38)36(41)34(32)37-26(2)19-22-43-37;1-3-5-6-7-8-10(4-2)9-19-15(20)11-12(16(19)21)14(18)22-13(11)17;;;;;;;;/h30-33,40H,9-29,34H2,1-8H3;19-20,24-25H,5-18,21H2,1-4H3;10H,3-9H2,1-2H3;6*1H3;;. The molecular formula is C120H158Br2N2O8S10Sn2. The van der Waals surface area contributed by atoms with E-state index in [1.807, 2.05) is 40.9 Å². The molecule has 144 heavy (non-hydrogen) atoms. The number of thiophene rings is 10. The summed E-state index contributed by atoms with van der Waals surface area (Å²) in [4.78, 5) is 113. The second kappa shape index (κ2) is 53.5. The molecular weight excluding hydrogens is 2320 g/mol. The number of amides is 4. The van der Waals surface area contributed by atoms with Crippen LogP contribution < -0.4 is 36.1 Å². The molecule has 0 saturated carbocycles. The molecule has 0 bridgehead atoms. The Hall–Kier alpha value is -4.26. The van der Waals surface area contributed by atoms with Crippen LogP contribution in [0.3, 0.4) is 0 Å². The van der Waals surface area contributed by atoms with Gasteiger partial charge in [0.05, 0.1) is 41.3 Å². The van der Waals surface area contributed by atoms with E-state index in [4.69, 9.17) is 9.47 Å². The summed E-state index contributed by atoms with van der Waals surface area (Å²) in [5.74, 6) is 0.351. The van der Waals surface area contributed by atoms with Crippen molar-refractivity contribution in [2.45, 2.75) is 383 Å². The first-order chi connectivity index (χ1) is 69.2. The zero-order valence-electron chi connectivity index (χ0n) is 89.9. The van der Waals surface area contributed by atoms with Crippen LogP contribution >= 0.6 is 145 Å². The van der Waals surface area contributed by atoms with Gasteiger partial charge in [0.2, 0.25) is 0 Å². The Morgan fingerprint density at radius 2 is 0.597 bits per heavy atom. The molecule has 10 nitrogen and oxygen atoms in total. The van der Waals surface area contributed by atoms with E-state index in [2.05, 4.69) is 200 Å². The van der Waals surface area contributed by atoms with Gasteiger partial charge in [-0.2, -0.15) is 0 Å². The van der Waals surface area contributed by atoms with Crippen molar-refractivity contribution in [3.63, 3.8) is 0 Å². The van der Waals surface area contributed by atoms with Crippen LogP contribution in [-0.2, 0) is 9.59 Å². The summed E-state index contributed by atoms with van der Waals surface area (Å²) in [7, 11) is 0. The minimum absolute atomic E-state index is 0.0640. The first kappa shape index (κ1) is 115. The number of hydrogen-bond donors (Lipinski definition) is 0. The zero-order valence-corrected chi connectivity index (χ0v) is 107. The molecule has 0 saturated heterocycles. The predicted molar refractivity (Wildman–Crippen MR) is 645 cm³/mol. The van der Waals surface area contributed by atoms with Gasteiger partial charge in [0.1, 0.15) is 0 Å². The van der Waals surface area contributed by atoms with Crippen molar-refractivity contribution >= 4 is 286 Å². The number of nitrogens with zero attached hydrogens (tertiary/aromatic N) is 2. The van der Waals surface area contributed by atoms with Crippen molar-refractivity contribution in [1.29, 1.82) is 0 Å². The van der Waals surface area contributed by atoms with Crippen LogP contribution in [0, 0.1) is 67.2 Å². The number of hydrogen-bond acceptors (Lipinski definition) is 18. The van der Waals surface area contributed by atoms with Crippen molar-refractivity contribution in [2.75, 3.05) is 26.3 Å². The quantitative estimate of drug-likeness (QED) is 0.0209. The number of unbranched alkanes of at least 4 members (excludes halogenated alkanes) is 32. The fraction of sp³-hybridized carbons (Fsp3) is 0.550. The monoisotopic (exact) mass is 2470 g/mol. The van der Waals surface area contributed by atoms with Crippen LogP contribution in [0.25, 0.3) is 72.4 Å². The van der Waals surface area contributed by atoms with Crippen molar-refractivity contribution in [1.82, 2.24) is 9.80 Å². The Kier molecular flexibility index (Phi) is 42.9. The fourth-order valence-electron chi connectivity index (χ4n) is 21.4. The van der Waals surface area contributed by atoms with Gasteiger partial charge in [-0.3, -0.25) is 33.8 Å². The summed E-state index contributed by atoms with van der Waals surface area (Å²) in [5.41, 5.74) is 10.3. The van der Waals surface area contributed by atoms with Gasteiger partial charge in [0.25, 0.3) is 23.6 Å². The van der Waals surface area contributed by atoms with E-state index in [1.54, 1.807) is 59.6 Å². The zero-order chi connectivity index (χ0) is 103. The van der Waals surface area contributed by atoms with E-state index in [1.165, 1.54) is 319 Å². The normalized spacial score (nSPS) is 14.2. The Morgan fingerprint density at radius 1 is 0.299 bits per heavy atom. The van der Waals surface area contributed by atoms with Crippen LogP contribution in [0.1, 0.15) is 401 Å². The largest absolute Gasteiger partial charge is 0.484 e. The first-order valence-electron chi connectivity index (χ1n) is 54.8. The molecule has 0 spiro atoms. The topological polar surface area (TPSA) is 127 Å². The molecule has 0 fully saturated rings. The second-order valence-corrected chi connectivity index (χ2v) is 88.1. The molecule has 2 aliphatic carbocycles. The van der Waals surface area contributed by atoms with Crippen LogP contribution in [0.15, 0.2) is 56.1 Å². The van der Waals surface area contributed by atoms with Crippen LogP contribution in [-0.4, -0.2) is 108 Å². The number of Topliss-reactive ketones (excluding diaryl/α,β-unsaturated/α-hetero) is 2. The van der Waals surface area contributed by atoms with Crippen LogP contribution in [0.4, 0.5) is 0 Å². The molecule has 0 N–H and O–H groups in total. The molecule has 2 aromatic carbocycles. The third kappa shape index (κ3) is 26.8. The van der Waals surface area contributed by atoms with Gasteiger partial charge in [-0.1, -0.05) is 278 Å². The molecule has 778 valence electrons. The minimum atomic E-state index is -2.38. The molecule has 2 unspecified atom stereocenters. The van der Waals surface area contributed by atoms with E-state index in [0.29, 0.717) is 53.8 Å². The van der Waals surface area contributed by atoms with Gasteiger partial charge in [-0.15, -0.1) is 56.7 Å². The van der Waals surface area contributed by atoms with E-state index in [-0.39, 0.29) is 35.2 Å². The average molecular weight is 2470 g/mol. The number of rotatable bonds is 55. The smallest absolute Gasteiger partial charge is 0.263 e. The minimum Gasteiger partial charge on any atom is -0.484 e. The summed E-state index contributed by atoms with van der Waals surface area (Å²) >= 11 is 19.2. The molecule has 16 rings (SSSR count). The van der Waals surface area contributed by atoms with Crippen molar-refractivity contribution in [3.05, 3.63) is 161 Å². The summed E-state index contributed by atoms with van der Waals surface area (Å²) in [6, 6.07) is 18.4. The molecule has 12 aromatic rings. The second-order valence-electron chi connectivity index (χ2n) is 43.4. The Balaban J connectivity index is 0.000000192. The number of carbonyl (C=O) groups excluding carboxylic acids is 6. The van der Waals surface area contributed by atoms with E-state index < -0.39 is 36.8 Å². The number of ketones is 2. The van der Waals surface area contributed by atoms with Gasteiger partial charge in [-0.25, -0.2) is 0 Å². The summed E-state index contributed by atoms with van der Waals surface area (Å²) in [6.07, 6.45) is 51.3. The number of carbonyl (C=O) groups is 6. The van der Waals surface area contributed by atoms with E-state index in [9.17, 15) is 19.2 Å². The Morgan fingerprint density at radius 3 is 0.938 bits per heavy atom. The van der Waals surface area contributed by atoms with Gasteiger partial charge in [0, 0.05) is 90.2 Å². The Bertz CT molecular complexity index is 6830. The number of aryl methyl sites for hydroxylation is 8. The molecule has 12 heterocycles. The summed E-state index contributed by atoms with van der Waals surface area (Å²) in [5, 5.41) is 11.2. The Labute approximate surface area is 925 Å². The maximum absolute atomic E-state index is 15.5. The van der Waals surface area contributed by atoms with Crippen molar-refractivity contribution in [3.8, 4) is 19.9 Å². The molecule has 4 amide bonds. The van der Waals surface area contributed by atoms with Gasteiger partial charge < -0.3 is 4.74 Å². The SMILES string of the molecule is CCCCCCC(CC)CN1C(=O)c2c(Br)sc(Br)c2C1=O.CCCCCCCCCCCCCCCCOc1cc2c(s1)c1c(c3sc(C)cc32)=C(c2s[c]([Sn]([CH3])([CH3])[CH3])cc2C)C(=O)C=1c1s[c]([Sn]([CH3])([CH3])[CH3])cc1C.CCCCCCCCCCCCCCCCOc1cc2c(s1)c1c(c3sc(C)cc32)=C(c2sc(C)cc2C)C(=O)C=1c1sc(-c2sc(C)c3c2C(=O)N(CC(CC)CCCCCC)C3=O)cc1C. The fourth-order valence-corrected chi connectivity index (χ4v) is 45.7. The van der Waals surface area contributed by atoms with Crippen LogP contribution in [0.2, 0.25) is 29.6 Å². The molecule has 4 aliphatic rings. The van der Waals surface area contributed by atoms with Gasteiger partial charge in [0.15, 0.2) is 10.8 Å². The number of benzene rings is 2. The number of imide groups is 2. The third-order valence-corrected chi connectivity index (χ3v) is 61.5. The summed E-state index contributed by atoms with van der Waals surface area (Å²) < 4.78 is 22.5. The maximum atomic E-state index is 15.5. The first-order valence-corrected chi connectivity index (χ1v) is 84.5. The predicted octanol–water partition coefficient (Wildman–Crippen LogP) is 35.9. The number of ether oxygens (including phenoxy) is 2. The molecule has 10 aromatic heterocycles. The molecule has 24 heteroatoms. The van der Waals surface area contributed by atoms with Crippen molar-refractivity contribution in [2.24, 2.45) is 11.8 Å².